The third kappa shape index (κ3) is 4.76. The van der Waals surface area contributed by atoms with Crippen LogP contribution in [0.4, 0.5) is 5.95 Å². The zero-order chi connectivity index (χ0) is 23.8. The predicted octanol–water partition coefficient (Wildman–Crippen LogP) is -1.02. The lowest BCUT2D eigenvalue weighted by molar-refractivity contribution is -0.166. The van der Waals surface area contributed by atoms with E-state index in [1.165, 1.54) is 4.57 Å². The molecule has 15 nitrogen and oxygen atoms in total. The van der Waals surface area contributed by atoms with E-state index in [0.717, 1.165) is 27.1 Å². The second-order valence-corrected chi connectivity index (χ2v) is 8.04. The fourth-order valence-corrected chi connectivity index (χ4v) is 3.79. The maximum atomic E-state index is 11.7. The van der Waals surface area contributed by atoms with Crippen molar-refractivity contribution >= 4 is 45.1 Å². The predicted molar refractivity (Wildman–Crippen MR) is 101 cm³/mol. The number of imidazole rings is 1. The first kappa shape index (κ1) is 23.3. The van der Waals surface area contributed by atoms with Crippen LogP contribution in [0.15, 0.2) is 11.4 Å². The van der Waals surface area contributed by atoms with E-state index in [0.29, 0.717) is 0 Å². The van der Waals surface area contributed by atoms with Crippen molar-refractivity contribution in [3.63, 3.8) is 0 Å². The molecule has 0 amide bonds. The Kier molecular flexibility index (Phi) is 6.29. The Bertz CT molecular complexity index is 1180. The molecule has 4 atom stereocenters. The Morgan fingerprint density at radius 2 is 1.75 bits per heavy atom. The minimum Gasteiger partial charge on any atom is -0.463 e. The summed E-state index contributed by atoms with van der Waals surface area (Å²) < 4.78 is 55.3. The molecule has 3 heterocycles. The van der Waals surface area contributed by atoms with Crippen molar-refractivity contribution < 1.29 is 46.3 Å². The molecule has 174 valence electrons. The molecule has 1 aliphatic rings. The summed E-state index contributed by atoms with van der Waals surface area (Å²) in [5.74, 6) is -2.60. The average Bonchev–Trinajstić information content (AvgIpc) is 3.19. The molecule has 1 saturated heterocycles. The molecule has 2 aromatic rings. The fourth-order valence-electron chi connectivity index (χ4n) is 3.19. The molecular formula is C16H19N5O10S. The number of rotatable bonds is 6. The molecular weight excluding hydrogens is 454 g/mol. The summed E-state index contributed by atoms with van der Waals surface area (Å²) in [6.07, 6.45) is -3.68. The maximum Gasteiger partial charge on any atom is 0.314 e. The molecule has 0 aromatic carbocycles. The summed E-state index contributed by atoms with van der Waals surface area (Å²) >= 11 is 0. The van der Waals surface area contributed by atoms with Crippen LogP contribution in [-0.2, 0) is 43.4 Å². The summed E-state index contributed by atoms with van der Waals surface area (Å²) in [5, 5.41) is -0.839. The molecule has 0 saturated carbocycles. The highest BCUT2D eigenvalue weighted by Crippen LogP contribution is 2.36. The molecule has 1 aliphatic heterocycles. The van der Waals surface area contributed by atoms with Crippen molar-refractivity contribution in [1.29, 1.82) is 0 Å². The van der Waals surface area contributed by atoms with Crippen LogP contribution in [0.3, 0.4) is 0 Å². The van der Waals surface area contributed by atoms with Gasteiger partial charge in [0.25, 0.3) is 0 Å². The number of hydrogen-bond acceptors (Lipinski definition) is 13. The number of nitrogens with zero attached hydrogens (tertiary/aromatic N) is 4. The maximum absolute atomic E-state index is 11.7. The summed E-state index contributed by atoms with van der Waals surface area (Å²) in [5.41, 5.74) is 5.06. The van der Waals surface area contributed by atoms with Crippen LogP contribution in [0.1, 0.15) is 27.0 Å². The van der Waals surface area contributed by atoms with E-state index in [9.17, 15) is 27.4 Å². The second kappa shape index (κ2) is 8.64. The van der Waals surface area contributed by atoms with Gasteiger partial charge in [0, 0.05) is 20.8 Å². The number of carbonyl (C=O) groups excluding carboxylic acids is 3. The largest absolute Gasteiger partial charge is 0.463 e. The first-order chi connectivity index (χ1) is 14.9. The molecule has 2 aromatic heterocycles. The normalized spacial score (nSPS) is 23.1. The van der Waals surface area contributed by atoms with Crippen LogP contribution >= 0.6 is 0 Å². The Morgan fingerprint density at radius 3 is 2.31 bits per heavy atom. The lowest BCUT2D eigenvalue weighted by Crippen LogP contribution is -2.40. The number of aromatic nitrogens is 4. The van der Waals surface area contributed by atoms with E-state index < -0.39 is 63.5 Å². The topological polar surface area (TPSA) is 212 Å². The quantitative estimate of drug-likeness (QED) is 0.222. The van der Waals surface area contributed by atoms with E-state index in [1.54, 1.807) is 0 Å². The number of anilines is 1. The number of esters is 3. The van der Waals surface area contributed by atoms with E-state index >= 15 is 0 Å². The Labute approximate surface area is 180 Å². The number of carbonyl (C=O) groups is 3. The van der Waals surface area contributed by atoms with Crippen molar-refractivity contribution in [3.8, 4) is 0 Å². The number of nitrogen functional groups attached to an aromatic ring is 1. The molecule has 0 radical (unpaired) electrons. The monoisotopic (exact) mass is 473 g/mol. The Morgan fingerprint density at radius 1 is 1.12 bits per heavy atom. The van der Waals surface area contributed by atoms with Gasteiger partial charge in [0.15, 0.2) is 24.1 Å². The zero-order valence-corrected chi connectivity index (χ0v) is 17.8. The summed E-state index contributed by atoms with van der Waals surface area (Å²) in [6, 6.07) is 0. The van der Waals surface area contributed by atoms with Crippen molar-refractivity contribution in [1.82, 2.24) is 19.5 Å². The van der Waals surface area contributed by atoms with Crippen molar-refractivity contribution in [3.05, 3.63) is 6.33 Å². The van der Waals surface area contributed by atoms with Gasteiger partial charge in [0.05, 0.1) is 6.33 Å². The summed E-state index contributed by atoms with van der Waals surface area (Å²) in [6.45, 7) is 3.06. The van der Waals surface area contributed by atoms with Crippen molar-refractivity contribution in [2.24, 2.45) is 0 Å². The molecule has 3 rings (SSSR count). The van der Waals surface area contributed by atoms with E-state index in [1.807, 2.05) is 0 Å². The summed E-state index contributed by atoms with van der Waals surface area (Å²) in [4.78, 5) is 46.0. The number of hydrogen-bond donors (Lipinski definition) is 2. The van der Waals surface area contributed by atoms with Crippen molar-refractivity contribution in [2.45, 2.75) is 50.3 Å². The van der Waals surface area contributed by atoms with Gasteiger partial charge in [-0.1, -0.05) is 0 Å². The van der Waals surface area contributed by atoms with Gasteiger partial charge in [-0.25, -0.2) is 4.98 Å². The molecule has 0 spiro atoms. The van der Waals surface area contributed by atoms with Crippen LogP contribution in [0.25, 0.3) is 11.2 Å². The Balaban J connectivity index is 2.12. The fraction of sp³-hybridized carbons (Fsp3) is 0.500. The highest BCUT2D eigenvalue weighted by Gasteiger charge is 2.51. The van der Waals surface area contributed by atoms with Crippen molar-refractivity contribution in [2.75, 3.05) is 12.3 Å². The number of fused-ring (bicyclic) bond motifs is 1. The van der Waals surface area contributed by atoms with Gasteiger partial charge in [0.2, 0.25) is 11.0 Å². The second-order valence-electron chi connectivity index (χ2n) is 6.70. The van der Waals surface area contributed by atoms with Gasteiger partial charge >= 0.3 is 28.0 Å². The first-order valence-corrected chi connectivity index (χ1v) is 10.4. The van der Waals surface area contributed by atoms with Gasteiger partial charge < -0.3 is 24.7 Å². The van der Waals surface area contributed by atoms with E-state index in [2.05, 4.69) is 15.0 Å². The average molecular weight is 473 g/mol. The molecule has 0 aliphatic carbocycles. The number of ether oxygens (including phenoxy) is 4. The molecule has 1 fully saturated rings. The molecule has 16 heteroatoms. The lowest BCUT2D eigenvalue weighted by Gasteiger charge is -2.23. The Hall–Kier alpha value is -3.37. The molecule has 0 bridgehead atoms. The van der Waals surface area contributed by atoms with E-state index in [4.69, 9.17) is 24.7 Å². The molecule has 32 heavy (non-hydrogen) atoms. The van der Waals surface area contributed by atoms with Gasteiger partial charge in [-0.3, -0.25) is 23.5 Å². The first-order valence-electron chi connectivity index (χ1n) is 8.99. The smallest absolute Gasteiger partial charge is 0.314 e. The zero-order valence-electron chi connectivity index (χ0n) is 17.0. The highest BCUT2D eigenvalue weighted by atomic mass is 32.2. The van der Waals surface area contributed by atoms with Gasteiger partial charge in [-0.2, -0.15) is 18.4 Å². The lowest BCUT2D eigenvalue weighted by atomic mass is 10.1. The van der Waals surface area contributed by atoms with Crippen LogP contribution in [0, 0.1) is 0 Å². The third-order valence-electron chi connectivity index (χ3n) is 4.27. The van der Waals surface area contributed by atoms with Gasteiger partial charge in [-0.05, 0) is 0 Å². The van der Waals surface area contributed by atoms with Crippen LogP contribution in [0.5, 0.6) is 0 Å². The number of nitrogens with two attached hydrogens (primary N) is 1. The van der Waals surface area contributed by atoms with Gasteiger partial charge in [-0.15, -0.1) is 0 Å². The minimum atomic E-state index is -4.81. The van der Waals surface area contributed by atoms with Crippen LogP contribution in [-0.4, -0.2) is 75.3 Å². The molecule has 3 N–H and O–H groups in total. The SMILES string of the molecule is CC(=O)OC[C@H]1O[C@@H](n2cnc3c(S(=O)(=O)O)nc(N)nc32)[C@H](OC(C)=O)[C@@H]1OC(C)=O. The highest BCUT2D eigenvalue weighted by molar-refractivity contribution is 7.86. The van der Waals surface area contributed by atoms with Crippen LogP contribution in [0.2, 0.25) is 0 Å². The molecule has 0 unspecified atom stereocenters. The van der Waals surface area contributed by atoms with Gasteiger partial charge in [0.1, 0.15) is 18.2 Å². The standard InChI is InChI=1S/C16H19N5O10S/c1-6(22)28-4-9-11(29-7(2)23)12(30-8(3)24)15(31-9)21-5-18-10-13(21)19-16(17)20-14(10)32(25,26)27/h5,9,11-12,15H,4H2,1-3H3,(H2,17,19,20)(H,25,26,27)/t9-,11-,12-,15-/m1/s1. The van der Waals surface area contributed by atoms with Crippen LogP contribution < -0.4 is 5.73 Å². The third-order valence-corrected chi connectivity index (χ3v) is 5.04. The summed E-state index contributed by atoms with van der Waals surface area (Å²) in [7, 11) is -4.81. The van der Waals surface area contributed by atoms with E-state index in [-0.39, 0.29) is 17.8 Å². The minimum absolute atomic E-state index is 0.179.